The van der Waals surface area contributed by atoms with Crippen LogP contribution in [0.2, 0.25) is 10.0 Å². The maximum atomic E-state index is 12.2. The van der Waals surface area contributed by atoms with Gasteiger partial charge < -0.3 is 9.47 Å². The number of ether oxygens (including phenoxy) is 2. The molecule has 0 bridgehead atoms. The fraction of sp³-hybridized carbons (Fsp3) is 0.500. The van der Waals surface area contributed by atoms with Crippen LogP contribution in [-0.4, -0.2) is 25.2 Å². The molecule has 0 aromatic heterocycles. The van der Waals surface area contributed by atoms with E-state index in [2.05, 4.69) is 0 Å². The molecule has 22 heavy (non-hydrogen) atoms. The molecule has 0 fully saturated rings. The van der Waals surface area contributed by atoms with Gasteiger partial charge >= 0.3 is 11.9 Å². The van der Waals surface area contributed by atoms with Crippen molar-refractivity contribution in [2.45, 2.75) is 39.0 Å². The summed E-state index contributed by atoms with van der Waals surface area (Å²) in [5.41, 5.74) is 0.587. The number of benzene rings is 1. The lowest BCUT2D eigenvalue weighted by Crippen LogP contribution is -2.21. The van der Waals surface area contributed by atoms with Gasteiger partial charge in [0.2, 0.25) is 0 Å². The Morgan fingerprint density at radius 1 is 1.05 bits per heavy atom. The standard InChI is InChI=1S/C16H20Cl2O4/c1-3-7-21-15(19)10-12(16(20)22-8-4-2)11-5-6-13(17)14(18)9-11/h5-6,9,12H,3-4,7-8,10H2,1-2H3. The fourth-order valence-electron chi connectivity index (χ4n) is 1.81. The van der Waals surface area contributed by atoms with Crippen molar-refractivity contribution in [3.63, 3.8) is 0 Å². The van der Waals surface area contributed by atoms with E-state index in [0.29, 0.717) is 35.2 Å². The van der Waals surface area contributed by atoms with Crippen LogP contribution in [0.4, 0.5) is 0 Å². The van der Waals surface area contributed by atoms with Crippen LogP contribution >= 0.6 is 23.2 Å². The zero-order valence-corrected chi connectivity index (χ0v) is 14.2. The summed E-state index contributed by atoms with van der Waals surface area (Å²) in [7, 11) is 0. The molecule has 4 nitrogen and oxygen atoms in total. The highest BCUT2D eigenvalue weighted by atomic mass is 35.5. The predicted octanol–water partition coefficient (Wildman–Crippen LogP) is 4.37. The molecule has 6 heteroatoms. The maximum absolute atomic E-state index is 12.2. The van der Waals surface area contributed by atoms with Gasteiger partial charge in [0.1, 0.15) is 0 Å². The Hall–Kier alpha value is -1.26. The van der Waals surface area contributed by atoms with Crippen LogP contribution in [0.15, 0.2) is 18.2 Å². The average molecular weight is 347 g/mol. The number of hydrogen-bond acceptors (Lipinski definition) is 4. The van der Waals surface area contributed by atoms with E-state index in [1.54, 1.807) is 18.2 Å². The predicted molar refractivity (Wildman–Crippen MR) is 86.3 cm³/mol. The first-order valence-corrected chi connectivity index (χ1v) is 8.02. The Bertz CT molecular complexity index is 517. The summed E-state index contributed by atoms with van der Waals surface area (Å²) in [6.45, 7) is 4.44. The first kappa shape index (κ1) is 18.8. The van der Waals surface area contributed by atoms with Gasteiger partial charge in [-0.25, -0.2) is 0 Å². The van der Waals surface area contributed by atoms with Crippen LogP contribution in [-0.2, 0) is 19.1 Å². The Morgan fingerprint density at radius 3 is 2.27 bits per heavy atom. The van der Waals surface area contributed by atoms with Crippen molar-refractivity contribution in [3.05, 3.63) is 33.8 Å². The molecule has 0 amide bonds. The van der Waals surface area contributed by atoms with Gasteiger partial charge in [-0.15, -0.1) is 0 Å². The zero-order chi connectivity index (χ0) is 16.5. The number of carbonyl (C=O) groups excluding carboxylic acids is 2. The third-order valence-electron chi connectivity index (χ3n) is 2.92. The minimum atomic E-state index is -0.745. The highest BCUT2D eigenvalue weighted by Gasteiger charge is 2.26. The fourth-order valence-corrected chi connectivity index (χ4v) is 2.12. The van der Waals surface area contributed by atoms with Crippen LogP contribution < -0.4 is 0 Å². The van der Waals surface area contributed by atoms with E-state index >= 15 is 0 Å². The Labute approximate surface area is 140 Å². The summed E-state index contributed by atoms with van der Waals surface area (Å²) in [5, 5.41) is 0.717. The highest BCUT2D eigenvalue weighted by Crippen LogP contribution is 2.29. The van der Waals surface area contributed by atoms with Gasteiger partial charge in [-0.05, 0) is 30.5 Å². The van der Waals surface area contributed by atoms with E-state index in [4.69, 9.17) is 32.7 Å². The zero-order valence-electron chi connectivity index (χ0n) is 12.7. The Kier molecular flexibility index (Phi) is 8.28. The maximum Gasteiger partial charge on any atom is 0.314 e. The highest BCUT2D eigenvalue weighted by molar-refractivity contribution is 6.42. The minimum absolute atomic E-state index is 0.0828. The Morgan fingerprint density at radius 2 is 1.68 bits per heavy atom. The molecule has 0 radical (unpaired) electrons. The SMILES string of the molecule is CCCOC(=O)CC(C(=O)OCCC)c1ccc(Cl)c(Cl)c1. The largest absolute Gasteiger partial charge is 0.466 e. The van der Waals surface area contributed by atoms with Gasteiger partial charge in [-0.1, -0.05) is 43.1 Å². The third-order valence-corrected chi connectivity index (χ3v) is 3.66. The number of esters is 2. The van der Waals surface area contributed by atoms with Gasteiger partial charge in [-0.2, -0.15) is 0 Å². The number of rotatable bonds is 8. The summed E-state index contributed by atoms with van der Waals surface area (Å²) >= 11 is 11.9. The molecule has 1 atom stereocenters. The molecule has 0 spiro atoms. The average Bonchev–Trinajstić information content (AvgIpc) is 2.51. The lowest BCUT2D eigenvalue weighted by Gasteiger charge is -2.16. The van der Waals surface area contributed by atoms with E-state index in [0.717, 1.165) is 6.42 Å². The topological polar surface area (TPSA) is 52.6 Å². The molecule has 1 aromatic carbocycles. The summed E-state index contributed by atoms with van der Waals surface area (Å²) in [4.78, 5) is 24.0. The van der Waals surface area contributed by atoms with Crippen LogP contribution in [0, 0.1) is 0 Å². The second-order valence-electron chi connectivity index (χ2n) is 4.82. The van der Waals surface area contributed by atoms with Gasteiger partial charge in [0, 0.05) is 0 Å². The molecule has 1 rings (SSSR count). The molecule has 0 aliphatic carbocycles. The molecule has 0 heterocycles. The summed E-state index contributed by atoms with van der Waals surface area (Å²) in [5.74, 6) is -1.65. The van der Waals surface area contributed by atoms with Gasteiger partial charge in [0.05, 0.1) is 35.6 Å². The molecule has 1 aromatic rings. The number of carbonyl (C=O) groups is 2. The van der Waals surface area contributed by atoms with Crippen LogP contribution in [0.3, 0.4) is 0 Å². The first-order chi connectivity index (χ1) is 10.5. The van der Waals surface area contributed by atoms with Gasteiger partial charge in [0.25, 0.3) is 0 Å². The van der Waals surface area contributed by atoms with Crippen molar-refractivity contribution in [2.75, 3.05) is 13.2 Å². The normalized spacial score (nSPS) is 11.8. The van der Waals surface area contributed by atoms with E-state index in [-0.39, 0.29) is 6.42 Å². The molecule has 0 aliphatic rings. The van der Waals surface area contributed by atoms with Crippen molar-refractivity contribution in [1.29, 1.82) is 0 Å². The molecular weight excluding hydrogens is 327 g/mol. The summed E-state index contributed by atoms with van der Waals surface area (Å²) in [6, 6.07) is 4.84. The molecule has 1 unspecified atom stereocenters. The number of hydrogen-bond donors (Lipinski definition) is 0. The van der Waals surface area contributed by atoms with Crippen molar-refractivity contribution in [1.82, 2.24) is 0 Å². The molecule has 0 saturated carbocycles. The summed E-state index contributed by atoms with van der Waals surface area (Å²) in [6.07, 6.45) is 1.35. The second-order valence-corrected chi connectivity index (χ2v) is 5.63. The van der Waals surface area contributed by atoms with Crippen LogP contribution in [0.25, 0.3) is 0 Å². The van der Waals surface area contributed by atoms with Crippen molar-refractivity contribution in [2.24, 2.45) is 0 Å². The van der Waals surface area contributed by atoms with Crippen LogP contribution in [0.1, 0.15) is 44.6 Å². The monoisotopic (exact) mass is 346 g/mol. The van der Waals surface area contributed by atoms with Crippen molar-refractivity contribution in [3.8, 4) is 0 Å². The first-order valence-electron chi connectivity index (χ1n) is 7.26. The quantitative estimate of drug-likeness (QED) is 0.655. The van der Waals surface area contributed by atoms with E-state index in [1.807, 2.05) is 13.8 Å². The third kappa shape index (κ3) is 5.85. The lowest BCUT2D eigenvalue weighted by atomic mass is 9.96. The van der Waals surface area contributed by atoms with Crippen molar-refractivity contribution < 1.29 is 19.1 Å². The van der Waals surface area contributed by atoms with Gasteiger partial charge in [0.15, 0.2) is 0 Å². The van der Waals surface area contributed by atoms with Crippen molar-refractivity contribution >= 4 is 35.1 Å². The summed E-state index contributed by atoms with van der Waals surface area (Å²) < 4.78 is 10.2. The smallest absolute Gasteiger partial charge is 0.314 e. The molecule has 0 aliphatic heterocycles. The molecule has 122 valence electrons. The molecular formula is C16H20Cl2O4. The van der Waals surface area contributed by atoms with E-state index in [1.165, 1.54) is 0 Å². The Balaban J connectivity index is 2.91. The molecule has 0 saturated heterocycles. The lowest BCUT2D eigenvalue weighted by molar-refractivity contribution is -0.152. The second kappa shape index (κ2) is 9.70. The van der Waals surface area contributed by atoms with Gasteiger partial charge in [-0.3, -0.25) is 9.59 Å². The number of halogens is 2. The minimum Gasteiger partial charge on any atom is -0.466 e. The van der Waals surface area contributed by atoms with E-state index < -0.39 is 17.9 Å². The van der Waals surface area contributed by atoms with E-state index in [9.17, 15) is 9.59 Å². The van der Waals surface area contributed by atoms with Crippen LogP contribution in [0.5, 0.6) is 0 Å². The molecule has 0 N–H and O–H groups in total.